The second-order valence-corrected chi connectivity index (χ2v) is 4.91. The number of hydrogen-bond donors (Lipinski definition) is 0. The number of hydrogen-bond acceptors (Lipinski definition) is 2. The van der Waals surface area contributed by atoms with Crippen LogP contribution in [0.1, 0.15) is 16.8 Å². The van der Waals surface area contributed by atoms with Gasteiger partial charge < -0.3 is 4.74 Å². The van der Waals surface area contributed by atoms with Crippen LogP contribution in [0.15, 0.2) is 79.0 Å². The van der Waals surface area contributed by atoms with Crippen molar-refractivity contribution in [3.8, 4) is 5.75 Å². The van der Waals surface area contributed by atoms with Crippen molar-refractivity contribution in [2.45, 2.75) is 0 Å². The highest BCUT2D eigenvalue weighted by Crippen LogP contribution is 2.25. The SMILES string of the molecule is COc1ccc(C=C(c2ccccc2)c2ccccn2)cc1. The molecule has 0 atom stereocenters. The maximum atomic E-state index is 5.21. The molecule has 0 N–H and O–H groups in total. The second kappa shape index (κ2) is 6.72. The van der Waals surface area contributed by atoms with Gasteiger partial charge in [0.2, 0.25) is 0 Å². The van der Waals surface area contributed by atoms with Gasteiger partial charge in [-0.15, -0.1) is 0 Å². The lowest BCUT2D eigenvalue weighted by Crippen LogP contribution is -1.91. The van der Waals surface area contributed by atoms with Crippen LogP contribution in [0.4, 0.5) is 0 Å². The van der Waals surface area contributed by atoms with E-state index in [9.17, 15) is 0 Å². The number of nitrogens with zero attached hydrogens (tertiary/aromatic N) is 1. The third-order valence-corrected chi connectivity index (χ3v) is 3.45. The molecule has 1 heterocycles. The molecular formula is C20H17NO. The molecule has 0 fully saturated rings. The maximum Gasteiger partial charge on any atom is 0.118 e. The number of pyridine rings is 1. The van der Waals surface area contributed by atoms with E-state index in [1.54, 1.807) is 7.11 Å². The summed E-state index contributed by atoms with van der Waals surface area (Å²) in [5.74, 6) is 0.858. The Morgan fingerprint density at radius 2 is 1.59 bits per heavy atom. The van der Waals surface area contributed by atoms with Crippen molar-refractivity contribution in [3.05, 3.63) is 95.8 Å². The topological polar surface area (TPSA) is 22.1 Å². The van der Waals surface area contributed by atoms with Crippen LogP contribution in [0, 0.1) is 0 Å². The van der Waals surface area contributed by atoms with E-state index in [1.807, 2.05) is 66.9 Å². The van der Waals surface area contributed by atoms with Crippen molar-refractivity contribution in [2.24, 2.45) is 0 Å². The van der Waals surface area contributed by atoms with E-state index in [2.05, 4.69) is 23.2 Å². The molecule has 0 bridgehead atoms. The Morgan fingerprint density at radius 1 is 0.864 bits per heavy atom. The highest BCUT2D eigenvalue weighted by Gasteiger charge is 2.06. The van der Waals surface area contributed by atoms with Crippen LogP contribution in [0.3, 0.4) is 0 Å². The van der Waals surface area contributed by atoms with Crippen LogP contribution in [0.2, 0.25) is 0 Å². The summed E-state index contributed by atoms with van der Waals surface area (Å²) in [5.41, 5.74) is 4.33. The van der Waals surface area contributed by atoms with Crippen LogP contribution < -0.4 is 4.74 Å². The molecule has 0 aliphatic carbocycles. The first-order valence-electron chi connectivity index (χ1n) is 7.19. The number of aromatic nitrogens is 1. The molecule has 108 valence electrons. The normalized spacial score (nSPS) is 11.2. The van der Waals surface area contributed by atoms with E-state index < -0.39 is 0 Å². The van der Waals surface area contributed by atoms with E-state index in [-0.39, 0.29) is 0 Å². The average molecular weight is 287 g/mol. The Morgan fingerprint density at radius 3 is 2.23 bits per heavy atom. The fourth-order valence-electron chi connectivity index (χ4n) is 2.31. The van der Waals surface area contributed by atoms with Crippen LogP contribution in [-0.4, -0.2) is 12.1 Å². The Kier molecular flexibility index (Phi) is 4.30. The smallest absolute Gasteiger partial charge is 0.118 e. The molecule has 0 aliphatic rings. The van der Waals surface area contributed by atoms with Crippen molar-refractivity contribution < 1.29 is 4.74 Å². The average Bonchev–Trinajstić information content (AvgIpc) is 2.62. The van der Waals surface area contributed by atoms with Gasteiger partial charge in [0.05, 0.1) is 12.8 Å². The molecule has 0 radical (unpaired) electrons. The molecule has 2 nitrogen and oxygen atoms in total. The summed E-state index contributed by atoms with van der Waals surface area (Å²) < 4.78 is 5.21. The monoisotopic (exact) mass is 287 g/mol. The number of benzene rings is 2. The minimum Gasteiger partial charge on any atom is -0.497 e. The van der Waals surface area contributed by atoms with E-state index >= 15 is 0 Å². The summed E-state index contributed by atoms with van der Waals surface area (Å²) in [6.07, 6.45) is 3.97. The third-order valence-electron chi connectivity index (χ3n) is 3.45. The van der Waals surface area contributed by atoms with Crippen molar-refractivity contribution >= 4 is 11.6 Å². The molecule has 1 aromatic heterocycles. The molecule has 0 amide bonds. The Bertz CT molecular complexity index is 705. The Hall–Kier alpha value is -2.87. The molecule has 0 aliphatic heterocycles. The standard InChI is InChI=1S/C20H17NO/c1-22-18-12-10-16(11-13-18)15-19(17-7-3-2-4-8-17)20-9-5-6-14-21-20/h2-15H,1H3. The fourth-order valence-corrected chi connectivity index (χ4v) is 2.31. The van der Waals surface area contributed by atoms with Crippen molar-refractivity contribution in [3.63, 3.8) is 0 Å². The molecule has 0 spiro atoms. The van der Waals surface area contributed by atoms with Gasteiger partial charge in [0.1, 0.15) is 5.75 Å². The van der Waals surface area contributed by atoms with Gasteiger partial charge in [-0.05, 0) is 41.5 Å². The van der Waals surface area contributed by atoms with Crippen molar-refractivity contribution in [2.75, 3.05) is 7.11 Å². The zero-order chi connectivity index (χ0) is 15.2. The zero-order valence-corrected chi connectivity index (χ0v) is 12.4. The summed E-state index contributed by atoms with van der Waals surface area (Å²) in [5, 5.41) is 0. The quantitative estimate of drug-likeness (QED) is 0.650. The lowest BCUT2D eigenvalue weighted by Gasteiger charge is -2.08. The van der Waals surface area contributed by atoms with Gasteiger partial charge in [0.25, 0.3) is 0 Å². The molecular weight excluding hydrogens is 270 g/mol. The molecule has 0 unspecified atom stereocenters. The van der Waals surface area contributed by atoms with Crippen molar-refractivity contribution in [1.29, 1.82) is 0 Å². The van der Waals surface area contributed by atoms with E-state index in [1.165, 1.54) is 0 Å². The highest BCUT2D eigenvalue weighted by atomic mass is 16.5. The summed E-state index contributed by atoms with van der Waals surface area (Å²) in [6.45, 7) is 0. The van der Waals surface area contributed by atoms with Crippen LogP contribution in [0.5, 0.6) is 5.75 Å². The lowest BCUT2D eigenvalue weighted by molar-refractivity contribution is 0.415. The molecule has 0 saturated carbocycles. The predicted octanol–water partition coefficient (Wildman–Crippen LogP) is 4.68. The fraction of sp³-hybridized carbons (Fsp3) is 0.0500. The van der Waals surface area contributed by atoms with Gasteiger partial charge in [-0.2, -0.15) is 0 Å². The summed E-state index contributed by atoms with van der Waals surface area (Å²) in [7, 11) is 1.67. The second-order valence-electron chi connectivity index (χ2n) is 4.91. The minimum atomic E-state index is 0.858. The third kappa shape index (κ3) is 3.23. The highest BCUT2D eigenvalue weighted by molar-refractivity contribution is 5.90. The summed E-state index contributed by atoms with van der Waals surface area (Å²) in [4.78, 5) is 4.49. The van der Waals surface area contributed by atoms with Gasteiger partial charge in [-0.3, -0.25) is 4.98 Å². The molecule has 0 saturated heterocycles. The van der Waals surface area contributed by atoms with E-state index in [0.29, 0.717) is 0 Å². The van der Waals surface area contributed by atoms with Gasteiger partial charge in [-0.1, -0.05) is 48.5 Å². The summed E-state index contributed by atoms with van der Waals surface area (Å²) in [6, 6.07) is 24.3. The summed E-state index contributed by atoms with van der Waals surface area (Å²) >= 11 is 0. The van der Waals surface area contributed by atoms with Crippen LogP contribution in [0.25, 0.3) is 11.6 Å². The van der Waals surface area contributed by atoms with Gasteiger partial charge >= 0.3 is 0 Å². The molecule has 2 heteroatoms. The van der Waals surface area contributed by atoms with Gasteiger partial charge in [0.15, 0.2) is 0 Å². The predicted molar refractivity (Wildman–Crippen MR) is 90.6 cm³/mol. The molecule has 3 rings (SSSR count). The number of rotatable bonds is 4. The molecule has 2 aromatic carbocycles. The minimum absolute atomic E-state index is 0.858. The first-order chi connectivity index (χ1) is 10.9. The largest absolute Gasteiger partial charge is 0.497 e. The maximum absolute atomic E-state index is 5.21. The number of ether oxygens (including phenoxy) is 1. The Labute approximate surface area is 130 Å². The van der Waals surface area contributed by atoms with Crippen LogP contribution in [-0.2, 0) is 0 Å². The zero-order valence-electron chi connectivity index (χ0n) is 12.4. The van der Waals surface area contributed by atoms with Crippen molar-refractivity contribution in [1.82, 2.24) is 4.98 Å². The Balaban J connectivity index is 2.06. The van der Waals surface area contributed by atoms with E-state index in [0.717, 1.165) is 28.1 Å². The lowest BCUT2D eigenvalue weighted by atomic mass is 9.99. The molecule has 3 aromatic rings. The van der Waals surface area contributed by atoms with Crippen LogP contribution >= 0.6 is 0 Å². The molecule has 22 heavy (non-hydrogen) atoms. The van der Waals surface area contributed by atoms with E-state index in [4.69, 9.17) is 4.74 Å². The first kappa shape index (κ1) is 14.1. The van der Waals surface area contributed by atoms with Gasteiger partial charge in [-0.25, -0.2) is 0 Å². The first-order valence-corrected chi connectivity index (χ1v) is 7.19. The number of methoxy groups -OCH3 is 1. The van der Waals surface area contributed by atoms with Gasteiger partial charge in [0, 0.05) is 11.8 Å².